The minimum atomic E-state index is -0.870. The molecule has 0 aliphatic rings. The Morgan fingerprint density at radius 2 is 1.91 bits per heavy atom. The van der Waals surface area contributed by atoms with Crippen LogP contribution >= 0.6 is 35.0 Å². The first kappa shape index (κ1) is 10.7. The fraction of sp³-hybridized carbons (Fsp3) is 0. The van der Waals surface area contributed by atoms with E-state index >= 15 is 0 Å². The summed E-state index contributed by atoms with van der Waals surface area (Å²) in [6.45, 7) is 0. The third-order valence-corrected chi connectivity index (χ3v) is 2.04. The Balaban J connectivity index is 0.000001000. The maximum Gasteiger partial charge on any atom is 0.336 e. The molecule has 60 valence electrons. The molecular formula is C7H6ClIO2. The van der Waals surface area contributed by atoms with Gasteiger partial charge in [0, 0.05) is 3.57 Å². The van der Waals surface area contributed by atoms with Crippen LogP contribution in [0.25, 0.3) is 0 Å². The predicted molar refractivity (Wildman–Crippen MR) is 53.4 cm³/mol. The minimum absolute atomic E-state index is 0. The summed E-state index contributed by atoms with van der Waals surface area (Å²) in [6, 6.07) is 6.88. The van der Waals surface area contributed by atoms with Crippen LogP contribution in [0.5, 0.6) is 0 Å². The summed E-state index contributed by atoms with van der Waals surface area (Å²) in [5.74, 6) is -0.870. The van der Waals surface area contributed by atoms with Crippen LogP contribution in [0, 0.1) is 3.57 Å². The second-order valence-electron chi connectivity index (χ2n) is 1.78. The predicted octanol–water partition coefficient (Wildman–Crippen LogP) is 2.41. The molecule has 0 spiro atoms. The Labute approximate surface area is 84.2 Å². The molecule has 0 saturated heterocycles. The molecule has 2 nitrogen and oxygen atoms in total. The Bertz CT molecular complexity index is 262. The van der Waals surface area contributed by atoms with Crippen molar-refractivity contribution in [3.8, 4) is 0 Å². The molecule has 0 radical (unpaired) electrons. The van der Waals surface area contributed by atoms with Gasteiger partial charge < -0.3 is 5.11 Å². The maximum atomic E-state index is 10.4. The van der Waals surface area contributed by atoms with Crippen molar-refractivity contribution in [1.82, 2.24) is 0 Å². The zero-order chi connectivity index (χ0) is 7.56. The SMILES string of the molecule is Cl.O=C(O)c1ccccc1I. The standard InChI is InChI=1S/C7H5IO2.ClH/c8-6-4-2-1-3-5(6)7(9)10;/h1-4H,(H,9,10);1H. The number of carboxylic acids is 1. The lowest BCUT2D eigenvalue weighted by Crippen LogP contribution is -1.97. The van der Waals surface area contributed by atoms with Crippen molar-refractivity contribution < 1.29 is 9.90 Å². The molecule has 1 aromatic rings. The quantitative estimate of drug-likeness (QED) is 0.804. The van der Waals surface area contributed by atoms with E-state index < -0.39 is 5.97 Å². The maximum absolute atomic E-state index is 10.4. The lowest BCUT2D eigenvalue weighted by molar-refractivity contribution is 0.0696. The highest BCUT2D eigenvalue weighted by Crippen LogP contribution is 2.10. The molecule has 1 N–H and O–H groups in total. The molecule has 0 aliphatic heterocycles. The van der Waals surface area contributed by atoms with Crippen molar-refractivity contribution in [2.24, 2.45) is 0 Å². The first-order valence-corrected chi connectivity index (χ1v) is 3.77. The highest BCUT2D eigenvalue weighted by molar-refractivity contribution is 14.1. The smallest absolute Gasteiger partial charge is 0.336 e. The van der Waals surface area contributed by atoms with E-state index in [-0.39, 0.29) is 12.4 Å². The molecule has 0 saturated carbocycles. The van der Waals surface area contributed by atoms with Crippen LogP contribution in [-0.4, -0.2) is 11.1 Å². The zero-order valence-electron chi connectivity index (χ0n) is 5.45. The van der Waals surface area contributed by atoms with Crippen molar-refractivity contribution >= 4 is 41.0 Å². The summed E-state index contributed by atoms with van der Waals surface area (Å²) < 4.78 is 0.771. The van der Waals surface area contributed by atoms with Gasteiger partial charge in [0.05, 0.1) is 5.56 Å². The molecule has 0 amide bonds. The minimum Gasteiger partial charge on any atom is -0.478 e. The third-order valence-electron chi connectivity index (χ3n) is 1.10. The lowest BCUT2D eigenvalue weighted by atomic mass is 10.2. The Kier molecular flexibility index (Phi) is 4.44. The average Bonchev–Trinajstić information content (AvgIpc) is 1.88. The second-order valence-corrected chi connectivity index (χ2v) is 2.95. The van der Waals surface area contributed by atoms with Crippen LogP contribution in [0.1, 0.15) is 10.4 Å². The normalized spacial score (nSPS) is 8.45. The van der Waals surface area contributed by atoms with Gasteiger partial charge in [-0.1, -0.05) is 12.1 Å². The number of aromatic carboxylic acids is 1. The van der Waals surface area contributed by atoms with Gasteiger partial charge in [-0.3, -0.25) is 0 Å². The molecule has 0 atom stereocenters. The van der Waals surface area contributed by atoms with E-state index in [0.29, 0.717) is 5.56 Å². The average molecular weight is 284 g/mol. The number of hydrogen-bond acceptors (Lipinski definition) is 1. The summed E-state index contributed by atoms with van der Waals surface area (Å²) in [7, 11) is 0. The molecule has 0 unspecified atom stereocenters. The summed E-state index contributed by atoms with van der Waals surface area (Å²) in [4.78, 5) is 10.4. The van der Waals surface area contributed by atoms with Crippen LogP contribution in [0.3, 0.4) is 0 Å². The van der Waals surface area contributed by atoms with E-state index in [9.17, 15) is 4.79 Å². The molecule has 0 aliphatic carbocycles. The van der Waals surface area contributed by atoms with Crippen molar-refractivity contribution in [3.05, 3.63) is 33.4 Å². The lowest BCUT2D eigenvalue weighted by Gasteiger charge is -1.94. The van der Waals surface area contributed by atoms with Gasteiger partial charge in [0.25, 0.3) is 0 Å². The zero-order valence-corrected chi connectivity index (χ0v) is 8.43. The van der Waals surface area contributed by atoms with E-state index in [1.807, 2.05) is 28.7 Å². The molecule has 0 aromatic heterocycles. The van der Waals surface area contributed by atoms with Gasteiger partial charge in [-0.05, 0) is 34.7 Å². The molecule has 1 rings (SSSR count). The second kappa shape index (κ2) is 4.56. The molecule has 4 heteroatoms. The Morgan fingerprint density at radius 3 is 2.27 bits per heavy atom. The summed E-state index contributed by atoms with van der Waals surface area (Å²) >= 11 is 1.99. The molecule has 11 heavy (non-hydrogen) atoms. The van der Waals surface area contributed by atoms with Crippen LogP contribution in [-0.2, 0) is 0 Å². The fourth-order valence-electron chi connectivity index (χ4n) is 0.635. The van der Waals surface area contributed by atoms with Gasteiger partial charge in [0.15, 0.2) is 0 Å². The summed E-state index contributed by atoms with van der Waals surface area (Å²) in [5, 5.41) is 8.56. The van der Waals surface area contributed by atoms with E-state index in [4.69, 9.17) is 5.11 Å². The van der Waals surface area contributed by atoms with Gasteiger partial charge >= 0.3 is 5.97 Å². The van der Waals surface area contributed by atoms with Gasteiger partial charge in [0.2, 0.25) is 0 Å². The Hall–Kier alpha value is -0.290. The van der Waals surface area contributed by atoms with Crippen LogP contribution in [0.15, 0.2) is 24.3 Å². The first-order chi connectivity index (χ1) is 4.72. The molecule has 1 aromatic carbocycles. The van der Waals surface area contributed by atoms with Gasteiger partial charge in [-0.2, -0.15) is 0 Å². The van der Waals surface area contributed by atoms with Crippen molar-refractivity contribution in [2.45, 2.75) is 0 Å². The topological polar surface area (TPSA) is 37.3 Å². The molecule has 0 heterocycles. The molecule has 0 bridgehead atoms. The van der Waals surface area contributed by atoms with Crippen molar-refractivity contribution in [3.63, 3.8) is 0 Å². The fourth-order valence-corrected chi connectivity index (χ4v) is 1.25. The summed E-state index contributed by atoms with van der Waals surface area (Å²) in [6.07, 6.45) is 0. The van der Waals surface area contributed by atoms with Gasteiger partial charge in [0.1, 0.15) is 0 Å². The van der Waals surface area contributed by atoms with Gasteiger partial charge in [-0.25, -0.2) is 4.79 Å². The van der Waals surface area contributed by atoms with Crippen LogP contribution < -0.4 is 0 Å². The Morgan fingerprint density at radius 1 is 1.36 bits per heavy atom. The van der Waals surface area contributed by atoms with Crippen molar-refractivity contribution in [2.75, 3.05) is 0 Å². The number of carboxylic acid groups (broad SMARTS) is 1. The number of carbonyl (C=O) groups is 1. The highest BCUT2D eigenvalue weighted by Gasteiger charge is 2.04. The number of hydrogen-bond donors (Lipinski definition) is 1. The monoisotopic (exact) mass is 284 g/mol. The van der Waals surface area contributed by atoms with Gasteiger partial charge in [-0.15, -0.1) is 12.4 Å². The van der Waals surface area contributed by atoms with Crippen molar-refractivity contribution in [1.29, 1.82) is 0 Å². The molecular weight excluding hydrogens is 278 g/mol. The number of rotatable bonds is 1. The number of halogens is 2. The van der Waals surface area contributed by atoms with Crippen LogP contribution in [0.4, 0.5) is 0 Å². The van der Waals surface area contributed by atoms with E-state index in [0.717, 1.165) is 3.57 Å². The van der Waals surface area contributed by atoms with Crippen LogP contribution in [0.2, 0.25) is 0 Å². The largest absolute Gasteiger partial charge is 0.478 e. The number of benzene rings is 1. The third kappa shape index (κ3) is 2.67. The van der Waals surface area contributed by atoms with E-state index in [1.54, 1.807) is 18.2 Å². The highest BCUT2D eigenvalue weighted by atomic mass is 127. The first-order valence-electron chi connectivity index (χ1n) is 2.69. The van der Waals surface area contributed by atoms with E-state index in [1.165, 1.54) is 0 Å². The molecule has 0 fully saturated rings. The summed E-state index contributed by atoms with van der Waals surface area (Å²) in [5.41, 5.74) is 0.364. The van der Waals surface area contributed by atoms with E-state index in [2.05, 4.69) is 0 Å².